The largest absolute Gasteiger partial charge is 0.481 e. The van der Waals surface area contributed by atoms with Crippen molar-refractivity contribution >= 4 is 11.9 Å². The van der Waals surface area contributed by atoms with Gasteiger partial charge in [0, 0.05) is 25.4 Å². The third-order valence-electron chi connectivity index (χ3n) is 1.99. The number of carboxylic acids is 1. The molecule has 0 aliphatic carbocycles. The zero-order valence-corrected chi connectivity index (χ0v) is 9.06. The number of aryl methyl sites for hydroxylation is 1. The van der Waals surface area contributed by atoms with Crippen molar-refractivity contribution < 1.29 is 14.7 Å². The number of aromatic nitrogens is 1. The number of carboxylic acid groups (broad SMARTS) is 1. The fourth-order valence-corrected chi connectivity index (χ4v) is 1.22. The van der Waals surface area contributed by atoms with E-state index in [4.69, 9.17) is 5.11 Å². The molecule has 5 heteroatoms. The number of hydrogen-bond donors (Lipinski definition) is 2. The van der Waals surface area contributed by atoms with Gasteiger partial charge < -0.3 is 10.4 Å². The van der Waals surface area contributed by atoms with Gasteiger partial charge in [0.15, 0.2) is 0 Å². The summed E-state index contributed by atoms with van der Waals surface area (Å²) in [7, 11) is 0. The van der Waals surface area contributed by atoms with Crippen molar-refractivity contribution in [2.75, 3.05) is 6.54 Å². The third-order valence-corrected chi connectivity index (χ3v) is 1.99. The minimum atomic E-state index is -0.855. The highest BCUT2D eigenvalue weighted by molar-refractivity contribution is 5.93. The molecule has 0 unspecified atom stereocenters. The first-order valence-corrected chi connectivity index (χ1v) is 5.01. The van der Waals surface area contributed by atoms with Gasteiger partial charge in [-0.15, -0.1) is 0 Å². The van der Waals surface area contributed by atoms with Crippen molar-refractivity contribution in [3.63, 3.8) is 0 Å². The first-order valence-electron chi connectivity index (χ1n) is 5.01. The zero-order valence-electron chi connectivity index (χ0n) is 9.06. The van der Waals surface area contributed by atoms with Crippen LogP contribution in [0.2, 0.25) is 0 Å². The number of nitrogens with zero attached hydrogens (tertiary/aromatic N) is 1. The second-order valence-electron chi connectivity index (χ2n) is 3.50. The van der Waals surface area contributed by atoms with Crippen molar-refractivity contribution in [2.45, 2.75) is 19.8 Å². The fraction of sp³-hybridized carbons (Fsp3) is 0.364. The monoisotopic (exact) mass is 222 g/mol. The van der Waals surface area contributed by atoms with Gasteiger partial charge in [-0.2, -0.15) is 0 Å². The quantitative estimate of drug-likeness (QED) is 0.728. The highest BCUT2D eigenvalue weighted by atomic mass is 16.4. The van der Waals surface area contributed by atoms with E-state index < -0.39 is 5.97 Å². The summed E-state index contributed by atoms with van der Waals surface area (Å²) in [5.41, 5.74) is 1.41. The van der Waals surface area contributed by atoms with E-state index in [1.807, 2.05) is 6.92 Å². The van der Waals surface area contributed by atoms with Crippen LogP contribution in [0.5, 0.6) is 0 Å². The Hall–Kier alpha value is -1.91. The van der Waals surface area contributed by atoms with E-state index in [9.17, 15) is 9.59 Å². The third kappa shape index (κ3) is 4.08. The van der Waals surface area contributed by atoms with E-state index in [1.54, 1.807) is 12.3 Å². The average molecular weight is 222 g/mol. The van der Waals surface area contributed by atoms with Gasteiger partial charge in [0.2, 0.25) is 0 Å². The SMILES string of the molecule is Cc1cncc(C(=O)NCCCC(=O)O)c1. The fourth-order valence-electron chi connectivity index (χ4n) is 1.22. The first kappa shape index (κ1) is 12.2. The molecular formula is C11H14N2O3. The average Bonchev–Trinajstić information content (AvgIpc) is 2.24. The maximum atomic E-state index is 11.5. The Morgan fingerprint density at radius 2 is 2.19 bits per heavy atom. The number of pyridine rings is 1. The molecule has 0 saturated carbocycles. The molecule has 1 rings (SSSR count). The van der Waals surface area contributed by atoms with Gasteiger partial charge >= 0.3 is 5.97 Å². The van der Waals surface area contributed by atoms with Crippen molar-refractivity contribution in [2.24, 2.45) is 0 Å². The second kappa shape index (κ2) is 5.85. The zero-order chi connectivity index (χ0) is 12.0. The van der Waals surface area contributed by atoms with Crippen molar-refractivity contribution in [1.82, 2.24) is 10.3 Å². The van der Waals surface area contributed by atoms with Crippen LogP contribution in [0.3, 0.4) is 0 Å². The van der Waals surface area contributed by atoms with E-state index in [-0.39, 0.29) is 12.3 Å². The number of amides is 1. The lowest BCUT2D eigenvalue weighted by Gasteiger charge is -2.04. The summed E-state index contributed by atoms with van der Waals surface area (Å²) in [4.78, 5) is 25.7. The molecule has 0 aromatic carbocycles. The first-order chi connectivity index (χ1) is 7.59. The summed E-state index contributed by atoms with van der Waals surface area (Å²) < 4.78 is 0. The Morgan fingerprint density at radius 1 is 1.44 bits per heavy atom. The molecule has 5 nitrogen and oxygen atoms in total. The number of hydrogen-bond acceptors (Lipinski definition) is 3. The lowest BCUT2D eigenvalue weighted by atomic mass is 10.2. The van der Waals surface area contributed by atoms with Gasteiger partial charge in [-0.25, -0.2) is 0 Å². The Kier molecular flexibility index (Phi) is 4.44. The van der Waals surface area contributed by atoms with Crippen LogP contribution in [-0.2, 0) is 4.79 Å². The van der Waals surface area contributed by atoms with Crippen LogP contribution in [0.15, 0.2) is 18.5 Å². The van der Waals surface area contributed by atoms with Gasteiger partial charge in [0.1, 0.15) is 0 Å². The minimum absolute atomic E-state index is 0.0619. The molecular weight excluding hydrogens is 208 g/mol. The van der Waals surface area contributed by atoms with Crippen molar-refractivity contribution in [1.29, 1.82) is 0 Å². The van der Waals surface area contributed by atoms with E-state index in [1.165, 1.54) is 6.20 Å². The molecule has 16 heavy (non-hydrogen) atoms. The van der Waals surface area contributed by atoms with E-state index >= 15 is 0 Å². The van der Waals surface area contributed by atoms with Crippen LogP contribution in [0.1, 0.15) is 28.8 Å². The second-order valence-corrected chi connectivity index (χ2v) is 3.50. The normalized spacial score (nSPS) is 9.81. The molecule has 0 saturated heterocycles. The van der Waals surface area contributed by atoms with E-state index in [2.05, 4.69) is 10.3 Å². The van der Waals surface area contributed by atoms with Crippen molar-refractivity contribution in [3.8, 4) is 0 Å². The Labute approximate surface area is 93.5 Å². The Morgan fingerprint density at radius 3 is 2.81 bits per heavy atom. The molecule has 0 spiro atoms. The number of nitrogens with one attached hydrogen (secondary N) is 1. The summed E-state index contributed by atoms with van der Waals surface area (Å²) in [5.74, 6) is -1.08. The molecule has 1 heterocycles. The topological polar surface area (TPSA) is 79.3 Å². The summed E-state index contributed by atoms with van der Waals surface area (Å²) in [5, 5.41) is 11.0. The molecule has 1 amide bonds. The van der Waals surface area contributed by atoms with Gasteiger partial charge in [-0.3, -0.25) is 14.6 Å². The predicted octanol–water partition coefficient (Wildman–Crippen LogP) is 0.985. The van der Waals surface area contributed by atoms with Gasteiger partial charge in [-0.1, -0.05) is 0 Å². The molecule has 2 N–H and O–H groups in total. The lowest BCUT2D eigenvalue weighted by molar-refractivity contribution is -0.137. The Balaban J connectivity index is 2.38. The van der Waals surface area contributed by atoms with Crippen LogP contribution in [0.25, 0.3) is 0 Å². The molecule has 0 fully saturated rings. The maximum Gasteiger partial charge on any atom is 0.303 e. The Bertz CT molecular complexity index is 391. The van der Waals surface area contributed by atoms with E-state index in [0.717, 1.165) is 5.56 Å². The van der Waals surface area contributed by atoms with Crippen LogP contribution < -0.4 is 5.32 Å². The van der Waals surface area contributed by atoms with Gasteiger partial charge in [0.05, 0.1) is 5.56 Å². The van der Waals surface area contributed by atoms with Gasteiger partial charge in [0.25, 0.3) is 5.91 Å². The van der Waals surface area contributed by atoms with Crippen LogP contribution in [0.4, 0.5) is 0 Å². The summed E-state index contributed by atoms with van der Waals surface area (Å²) in [6.45, 7) is 2.22. The molecule has 1 aromatic rings. The lowest BCUT2D eigenvalue weighted by Crippen LogP contribution is -2.25. The molecule has 0 bridgehead atoms. The van der Waals surface area contributed by atoms with Crippen LogP contribution in [0, 0.1) is 6.92 Å². The van der Waals surface area contributed by atoms with Gasteiger partial charge in [-0.05, 0) is 25.0 Å². The predicted molar refractivity (Wildman–Crippen MR) is 58.2 cm³/mol. The standard InChI is InChI=1S/C11H14N2O3/c1-8-5-9(7-12-6-8)11(16)13-4-2-3-10(14)15/h5-7H,2-4H2,1H3,(H,13,16)(H,14,15). The van der Waals surface area contributed by atoms with Crippen LogP contribution in [-0.4, -0.2) is 28.5 Å². The minimum Gasteiger partial charge on any atom is -0.481 e. The van der Waals surface area contributed by atoms with Crippen molar-refractivity contribution in [3.05, 3.63) is 29.6 Å². The van der Waals surface area contributed by atoms with Crippen LogP contribution >= 0.6 is 0 Å². The highest BCUT2D eigenvalue weighted by Crippen LogP contribution is 2.00. The molecule has 0 aliphatic heterocycles. The summed E-state index contributed by atoms with van der Waals surface area (Å²) in [6, 6.07) is 1.74. The number of rotatable bonds is 5. The number of carbonyl (C=O) groups excluding carboxylic acids is 1. The van der Waals surface area contributed by atoms with E-state index in [0.29, 0.717) is 18.5 Å². The molecule has 0 aliphatic rings. The molecule has 0 radical (unpaired) electrons. The molecule has 1 aromatic heterocycles. The summed E-state index contributed by atoms with van der Waals surface area (Å²) >= 11 is 0. The smallest absolute Gasteiger partial charge is 0.303 e. The molecule has 0 atom stereocenters. The number of carbonyl (C=O) groups is 2. The highest BCUT2D eigenvalue weighted by Gasteiger charge is 2.05. The maximum absolute atomic E-state index is 11.5. The number of aliphatic carboxylic acids is 1. The summed E-state index contributed by atoms with van der Waals surface area (Å²) in [6.07, 6.45) is 3.65. The molecule has 86 valence electrons.